The molecule has 2 rings (SSSR count). The van der Waals surface area contributed by atoms with Gasteiger partial charge in [-0.15, -0.1) is 0 Å². The number of urea groups is 1. The standard InChI is InChI=1S/C14H20N4O2/c1-16-13(19)10-5-7-18(8-6-10)14(20)17-12-4-2-3-11(15)9-12/h2-4,9-10H,5-8,15H2,1H3,(H,16,19)(H,17,20). The fourth-order valence-electron chi connectivity index (χ4n) is 2.37. The number of amides is 3. The summed E-state index contributed by atoms with van der Waals surface area (Å²) >= 11 is 0. The monoisotopic (exact) mass is 276 g/mol. The van der Waals surface area contributed by atoms with E-state index in [2.05, 4.69) is 10.6 Å². The van der Waals surface area contributed by atoms with Gasteiger partial charge in [0, 0.05) is 37.4 Å². The van der Waals surface area contributed by atoms with E-state index in [4.69, 9.17) is 5.73 Å². The zero-order chi connectivity index (χ0) is 14.5. The number of nitrogens with one attached hydrogen (secondary N) is 2. The van der Waals surface area contributed by atoms with Crippen molar-refractivity contribution in [3.63, 3.8) is 0 Å². The lowest BCUT2D eigenvalue weighted by atomic mass is 9.96. The van der Waals surface area contributed by atoms with Crippen LogP contribution in [0.5, 0.6) is 0 Å². The van der Waals surface area contributed by atoms with E-state index in [1.165, 1.54) is 0 Å². The molecule has 4 N–H and O–H groups in total. The number of anilines is 2. The van der Waals surface area contributed by atoms with Gasteiger partial charge in [0.15, 0.2) is 0 Å². The molecule has 0 aromatic heterocycles. The van der Waals surface area contributed by atoms with Gasteiger partial charge in [0.1, 0.15) is 0 Å². The molecule has 1 heterocycles. The first-order valence-electron chi connectivity index (χ1n) is 6.73. The highest BCUT2D eigenvalue weighted by Gasteiger charge is 2.26. The fraction of sp³-hybridized carbons (Fsp3) is 0.429. The molecule has 1 aromatic rings. The average molecular weight is 276 g/mol. The van der Waals surface area contributed by atoms with Crippen LogP contribution in [-0.4, -0.2) is 37.0 Å². The zero-order valence-electron chi connectivity index (χ0n) is 11.6. The maximum absolute atomic E-state index is 12.1. The van der Waals surface area contributed by atoms with Gasteiger partial charge in [0.25, 0.3) is 0 Å². The van der Waals surface area contributed by atoms with Gasteiger partial charge in [0.2, 0.25) is 5.91 Å². The summed E-state index contributed by atoms with van der Waals surface area (Å²) in [6.07, 6.45) is 1.40. The Morgan fingerprint density at radius 2 is 2.00 bits per heavy atom. The van der Waals surface area contributed by atoms with Gasteiger partial charge in [-0.25, -0.2) is 4.79 Å². The first-order valence-corrected chi connectivity index (χ1v) is 6.73. The van der Waals surface area contributed by atoms with Gasteiger partial charge in [0.05, 0.1) is 0 Å². The Kier molecular flexibility index (Phi) is 4.45. The predicted molar refractivity (Wildman–Crippen MR) is 78.2 cm³/mol. The molecule has 6 heteroatoms. The van der Waals surface area contributed by atoms with Crippen LogP contribution in [0.25, 0.3) is 0 Å². The highest BCUT2D eigenvalue weighted by molar-refractivity contribution is 5.90. The molecule has 6 nitrogen and oxygen atoms in total. The summed E-state index contributed by atoms with van der Waals surface area (Å²) in [6, 6.07) is 6.93. The fourth-order valence-corrected chi connectivity index (χ4v) is 2.37. The second-order valence-corrected chi connectivity index (χ2v) is 4.93. The van der Waals surface area contributed by atoms with Crippen molar-refractivity contribution in [1.29, 1.82) is 0 Å². The molecule has 0 radical (unpaired) electrons. The van der Waals surface area contributed by atoms with Crippen LogP contribution in [0.4, 0.5) is 16.2 Å². The smallest absolute Gasteiger partial charge is 0.321 e. The van der Waals surface area contributed by atoms with Crippen LogP contribution >= 0.6 is 0 Å². The number of nitrogens with zero attached hydrogens (tertiary/aromatic N) is 1. The molecule has 3 amide bonds. The summed E-state index contributed by atoms with van der Waals surface area (Å²) in [7, 11) is 1.64. The first-order chi connectivity index (χ1) is 9.60. The molecule has 0 saturated carbocycles. The quantitative estimate of drug-likeness (QED) is 0.711. The van der Waals surface area contributed by atoms with E-state index in [9.17, 15) is 9.59 Å². The third-order valence-corrected chi connectivity index (χ3v) is 3.54. The Hall–Kier alpha value is -2.24. The molecular formula is C14H20N4O2. The SMILES string of the molecule is CNC(=O)C1CCN(C(=O)Nc2cccc(N)c2)CC1. The highest BCUT2D eigenvalue weighted by atomic mass is 16.2. The van der Waals surface area contributed by atoms with Crippen molar-refractivity contribution in [2.45, 2.75) is 12.8 Å². The zero-order valence-corrected chi connectivity index (χ0v) is 11.6. The van der Waals surface area contributed by atoms with Gasteiger partial charge in [-0.1, -0.05) is 6.07 Å². The van der Waals surface area contributed by atoms with E-state index < -0.39 is 0 Å². The Balaban J connectivity index is 1.87. The van der Waals surface area contributed by atoms with Gasteiger partial charge >= 0.3 is 6.03 Å². The van der Waals surface area contributed by atoms with E-state index in [1.54, 1.807) is 36.2 Å². The van der Waals surface area contributed by atoms with Crippen molar-refractivity contribution < 1.29 is 9.59 Å². The van der Waals surface area contributed by atoms with E-state index in [0.29, 0.717) is 37.3 Å². The number of nitrogens with two attached hydrogens (primary N) is 1. The predicted octanol–water partition coefficient (Wildman–Crippen LogP) is 1.26. The van der Waals surface area contributed by atoms with E-state index >= 15 is 0 Å². The molecule has 1 fully saturated rings. The van der Waals surface area contributed by atoms with Crippen LogP contribution in [0.15, 0.2) is 24.3 Å². The Morgan fingerprint density at radius 3 is 2.60 bits per heavy atom. The van der Waals surface area contributed by atoms with Crippen molar-refractivity contribution in [2.75, 3.05) is 31.2 Å². The van der Waals surface area contributed by atoms with E-state index in [-0.39, 0.29) is 17.9 Å². The molecule has 108 valence electrons. The van der Waals surface area contributed by atoms with Gasteiger partial charge in [-0.05, 0) is 31.0 Å². The summed E-state index contributed by atoms with van der Waals surface area (Å²) in [5.74, 6) is 0.0670. The van der Waals surface area contributed by atoms with Crippen LogP contribution in [0, 0.1) is 5.92 Å². The number of piperidine rings is 1. The number of hydrogen-bond donors (Lipinski definition) is 3. The molecule has 1 aromatic carbocycles. The number of hydrogen-bond acceptors (Lipinski definition) is 3. The van der Waals surface area contributed by atoms with E-state index in [1.807, 2.05) is 0 Å². The normalized spacial score (nSPS) is 15.8. The maximum Gasteiger partial charge on any atom is 0.321 e. The second kappa shape index (κ2) is 6.27. The summed E-state index contributed by atoms with van der Waals surface area (Å²) in [5.41, 5.74) is 6.97. The molecular weight excluding hydrogens is 256 g/mol. The average Bonchev–Trinajstić information content (AvgIpc) is 2.46. The molecule has 1 saturated heterocycles. The van der Waals surface area contributed by atoms with Crippen LogP contribution in [0.3, 0.4) is 0 Å². The largest absolute Gasteiger partial charge is 0.399 e. The van der Waals surface area contributed by atoms with Crippen molar-refractivity contribution in [3.8, 4) is 0 Å². The van der Waals surface area contributed by atoms with Crippen LogP contribution in [0.2, 0.25) is 0 Å². The Bertz CT molecular complexity index is 496. The molecule has 20 heavy (non-hydrogen) atoms. The number of benzene rings is 1. The lowest BCUT2D eigenvalue weighted by Gasteiger charge is -2.31. The van der Waals surface area contributed by atoms with Crippen molar-refractivity contribution >= 4 is 23.3 Å². The molecule has 1 aliphatic rings. The summed E-state index contributed by atoms with van der Waals surface area (Å²) in [6.45, 7) is 1.18. The number of carbonyl (C=O) groups excluding carboxylic acids is 2. The summed E-state index contributed by atoms with van der Waals surface area (Å²) < 4.78 is 0. The molecule has 0 atom stereocenters. The van der Waals surface area contributed by atoms with Crippen molar-refractivity contribution in [3.05, 3.63) is 24.3 Å². The number of nitrogen functional groups attached to an aromatic ring is 1. The molecule has 0 spiro atoms. The van der Waals surface area contributed by atoms with Gasteiger partial charge in [-0.2, -0.15) is 0 Å². The van der Waals surface area contributed by atoms with E-state index in [0.717, 1.165) is 0 Å². The minimum Gasteiger partial charge on any atom is -0.399 e. The van der Waals surface area contributed by atoms with Crippen molar-refractivity contribution in [1.82, 2.24) is 10.2 Å². The summed E-state index contributed by atoms with van der Waals surface area (Å²) in [5, 5.41) is 5.47. The lowest BCUT2D eigenvalue weighted by Crippen LogP contribution is -2.44. The van der Waals surface area contributed by atoms with Crippen LogP contribution in [0.1, 0.15) is 12.8 Å². The minimum atomic E-state index is -0.147. The molecule has 0 unspecified atom stereocenters. The van der Waals surface area contributed by atoms with Crippen molar-refractivity contribution in [2.24, 2.45) is 5.92 Å². The van der Waals surface area contributed by atoms with Crippen LogP contribution < -0.4 is 16.4 Å². The number of carbonyl (C=O) groups is 2. The Labute approximate surface area is 118 Å². The third kappa shape index (κ3) is 3.40. The topological polar surface area (TPSA) is 87.5 Å². The second-order valence-electron chi connectivity index (χ2n) is 4.93. The number of rotatable bonds is 2. The van der Waals surface area contributed by atoms with Crippen LogP contribution in [-0.2, 0) is 4.79 Å². The highest BCUT2D eigenvalue weighted by Crippen LogP contribution is 2.19. The summed E-state index contributed by atoms with van der Waals surface area (Å²) in [4.78, 5) is 25.4. The Morgan fingerprint density at radius 1 is 1.30 bits per heavy atom. The third-order valence-electron chi connectivity index (χ3n) is 3.54. The molecule has 0 aliphatic carbocycles. The van der Waals surface area contributed by atoms with Gasteiger partial charge in [-0.3, -0.25) is 4.79 Å². The number of likely N-dealkylation sites (tertiary alicyclic amines) is 1. The molecule has 0 bridgehead atoms. The minimum absolute atomic E-state index is 0.0106. The maximum atomic E-state index is 12.1. The lowest BCUT2D eigenvalue weighted by molar-refractivity contribution is -0.125. The van der Waals surface area contributed by atoms with Gasteiger partial charge < -0.3 is 21.3 Å². The molecule has 1 aliphatic heterocycles. The first kappa shape index (κ1) is 14.2.